The first-order chi connectivity index (χ1) is 12.5. The number of ether oxygens (including phenoxy) is 2. The summed E-state index contributed by atoms with van der Waals surface area (Å²) in [5, 5.41) is 10.7. The van der Waals surface area contributed by atoms with E-state index in [0.29, 0.717) is 24.3 Å². The third-order valence-corrected chi connectivity index (χ3v) is 5.30. The van der Waals surface area contributed by atoms with E-state index < -0.39 is 16.9 Å². The van der Waals surface area contributed by atoms with Crippen LogP contribution in [0.3, 0.4) is 0 Å². The number of nitrogens with zero attached hydrogens (tertiary/aromatic N) is 2. The summed E-state index contributed by atoms with van der Waals surface area (Å²) in [7, 11) is 1.61. The summed E-state index contributed by atoms with van der Waals surface area (Å²) in [6.45, 7) is 0.543. The van der Waals surface area contributed by atoms with Crippen LogP contribution in [0.1, 0.15) is 12.0 Å². The van der Waals surface area contributed by atoms with E-state index in [1.807, 2.05) is 6.08 Å². The number of nitro benzene ring substituents is 1. The number of carbonyl (C=O) groups excluding carboxylic acids is 2. The monoisotopic (exact) mass is 378 g/mol. The highest BCUT2D eigenvalue weighted by Crippen LogP contribution is 2.39. The number of non-ortho nitro benzene ring substituents is 1. The summed E-state index contributed by atoms with van der Waals surface area (Å²) in [5.41, 5.74) is 0.621. The zero-order valence-corrected chi connectivity index (χ0v) is 14.9. The van der Waals surface area contributed by atoms with Gasteiger partial charge in [-0.05, 0) is 23.8 Å². The van der Waals surface area contributed by atoms with Crippen LogP contribution in [-0.2, 0) is 25.7 Å². The quantitative estimate of drug-likeness (QED) is 0.224. The Hall–Kier alpha value is -2.39. The van der Waals surface area contributed by atoms with Gasteiger partial charge in [0.15, 0.2) is 6.04 Å². The molecule has 2 atom stereocenters. The second-order valence-corrected chi connectivity index (χ2v) is 7.08. The summed E-state index contributed by atoms with van der Waals surface area (Å²) in [6, 6.07) is 5.06. The molecule has 9 heteroatoms. The van der Waals surface area contributed by atoms with Crippen LogP contribution in [0, 0.1) is 10.1 Å². The lowest BCUT2D eigenvalue weighted by Gasteiger charge is -2.38. The second kappa shape index (κ2) is 7.88. The van der Waals surface area contributed by atoms with E-state index in [1.165, 1.54) is 23.9 Å². The minimum atomic E-state index is -0.707. The number of thioether (sulfide) groups is 1. The predicted molar refractivity (Wildman–Crippen MR) is 94.3 cm³/mol. The maximum absolute atomic E-state index is 12.6. The fourth-order valence-corrected chi connectivity index (χ4v) is 4.00. The van der Waals surface area contributed by atoms with Gasteiger partial charge in [-0.15, -0.1) is 11.8 Å². The van der Waals surface area contributed by atoms with E-state index >= 15 is 0 Å². The minimum absolute atomic E-state index is 0.00393. The number of methoxy groups -OCH3 is 1. The molecular weight excluding hydrogens is 360 g/mol. The van der Waals surface area contributed by atoms with Gasteiger partial charge in [-0.25, -0.2) is 4.79 Å². The number of esters is 1. The Balaban J connectivity index is 1.62. The average molecular weight is 378 g/mol. The van der Waals surface area contributed by atoms with E-state index in [0.717, 1.165) is 4.91 Å². The van der Waals surface area contributed by atoms with Crippen molar-refractivity contribution in [1.29, 1.82) is 0 Å². The summed E-state index contributed by atoms with van der Waals surface area (Å²) in [6.07, 6.45) is 2.36. The molecule has 0 aliphatic carbocycles. The molecule has 0 saturated carbocycles. The second-order valence-electron chi connectivity index (χ2n) is 5.92. The van der Waals surface area contributed by atoms with Gasteiger partial charge in [-0.1, -0.05) is 0 Å². The molecule has 0 bridgehead atoms. The first-order valence-corrected chi connectivity index (χ1v) is 9.04. The number of rotatable bonds is 8. The van der Waals surface area contributed by atoms with E-state index in [4.69, 9.17) is 9.47 Å². The van der Waals surface area contributed by atoms with Gasteiger partial charge in [0.2, 0.25) is 5.91 Å². The number of hydrogen-bond acceptors (Lipinski definition) is 7. The average Bonchev–Trinajstić information content (AvgIpc) is 2.92. The molecule has 8 nitrogen and oxygen atoms in total. The van der Waals surface area contributed by atoms with Crippen LogP contribution in [0.5, 0.6) is 0 Å². The van der Waals surface area contributed by atoms with Gasteiger partial charge in [-0.3, -0.25) is 14.9 Å². The summed E-state index contributed by atoms with van der Waals surface area (Å²) in [4.78, 5) is 37.0. The molecular formula is C17H18N2O6S. The summed E-state index contributed by atoms with van der Waals surface area (Å²) < 4.78 is 10.4. The number of nitro groups is 1. The lowest BCUT2D eigenvalue weighted by Crippen LogP contribution is -2.55. The van der Waals surface area contributed by atoms with Gasteiger partial charge in [0.25, 0.3) is 5.69 Å². The highest BCUT2D eigenvalue weighted by atomic mass is 32.2. The van der Waals surface area contributed by atoms with Crippen LogP contribution in [-0.4, -0.2) is 53.3 Å². The fraction of sp³-hybridized carbons (Fsp3) is 0.412. The Morgan fingerprint density at radius 2 is 2.12 bits per heavy atom. The highest BCUT2D eigenvalue weighted by molar-refractivity contribution is 8.03. The van der Waals surface area contributed by atoms with E-state index in [-0.39, 0.29) is 24.2 Å². The highest BCUT2D eigenvalue weighted by Gasteiger charge is 2.49. The third kappa shape index (κ3) is 3.73. The normalized spacial score (nSPS) is 21.0. The van der Waals surface area contributed by atoms with Crippen molar-refractivity contribution in [3.63, 3.8) is 0 Å². The molecule has 0 radical (unpaired) electrons. The van der Waals surface area contributed by atoms with Gasteiger partial charge in [0.1, 0.15) is 6.61 Å². The molecule has 2 aliphatic heterocycles. The van der Waals surface area contributed by atoms with E-state index in [1.54, 1.807) is 24.1 Å². The topological polar surface area (TPSA) is 99.0 Å². The lowest BCUT2D eigenvalue weighted by molar-refractivity contribution is -0.384. The van der Waals surface area contributed by atoms with Crippen molar-refractivity contribution in [3.05, 3.63) is 50.9 Å². The molecule has 1 unspecified atom stereocenters. The van der Waals surface area contributed by atoms with Gasteiger partial charge in [0.05, 0.1) is 24.0 Å². The first-order valence-electron chi connectivity index (χ1n) is 8.06. The summed E-state index contributed by atoms with van der Waals surface area (Å²) in [5.74, 6) is 0.129. The summed E-state index contributed by atoms with van der Waals surface area (Å²) >= 11 is 1.49. The maximum Gasteiger partial charge on any atom is 0.334 e. The number of carbonyl (C=O) groups is 2. The number of β-lactam (4-membered cyclic amide) rings is 1. The van der Waals surface area contributed by atoms with Gasteiger partial charge < -0.3 is 14.4 Å². The van der Waals surface area contributed by atoms with Crippen LogP contribution in [0.2, 0.25) is 0 Å². The maximum atomic E-state index is 12.6. The number of amides is 1. The largest absolute Gasteiger partial charge is 0.459 e. The Morgan fingerprint density at radius 1 is 1.38 bits per heavy atom. The SMILES string of the molecule is COCCSC1=CC2CC(=O)N2[C@@H]1C(=O)OCc1ccc([N+](=O)[O-])cc1. The van der Waals surface area contributed by atoms with E-state index in [9.17, 15) is 19.7 Å². The smallest absolute Gasteiger partial charge is 0.334 e. The molecule has 1 saturated heterocycles. The molecule has 138 valence electrons. The lowest BCUT2D eigenvalue weighted by atomic mass is 10.0. The van der Waals surface area contributed by atoms with Crippen LogP contribution in [0.25, 0.3) is 0 Å². The molecule has 2 aliphatic rings. The number of fused-ring (bicyclic) bond motifs is 1. The molecule has 1 amide bonds. The molecule has 1 fully saturated rings. The van der Waals surface area contributed by atoms with Crippen molar-refractivity contribution in [2.45, 2.75) is 25.1 Å². The number of benzene rings is 1. The molecule has 0 aromatic heterocycles. The number of hydrogen-bond donors (Lipinski definition) is 0. The van der Waals surface area contributed by atoms with Crippen LogP contribution >= 0.6 is 11.8 Å². The van der Waals surface area contributed by atoms with Crippen LogP contribution in [0.15, 0.2) is 35.2 Å². The zero-order chi connectivity index (χ0) is 18.7. The minimum Gasteiger partial charge on any atom is -0.459 e. The Labute approximate surface area is 154 Å². The predicted octanol–water partition coefficient (Wildman–Crippen LogP) is 1.88. The molecule has 26 heavy (non-hydrogen) atoms. The Bertz CT molecular complexity index is 748. The Morgan fingerprint density at radius 3 is 2.73 bits per heavy atom. The molecule has 2 heterocycles. The molecule has 3 rings (SSSR count). The standard InChI is InChI=1S/C17H18N2O6S/c1-24-6-7-26-14-8-13-9-15(20)18(13)16(14)17(21)25-10-11-2-4-12(5-3-11)19(22)23/h2-5,8,13,16H,6-7,9-10H2,1H3/t13?,16-/m0/s1. The van der Waals surface area contributed by atoms with Crippen molar-refractivity contribution in [1.82, 2.24) is 4.90 Å². The van der Waals surface area contributed by atoms with Crippen LogP contribution in [0.4, 0.5) is 5.69 Å². The first kappa shape index (κ1) is 18.4. The molecule has 0 N–H and O–H groups in total. The van der Waals surface area contributed by atoms with E-state index in [2.05, 4.69) is 0 Å². The van der Waals surface area contributed by atoms with Crippen molar-refractivity contribution in [3.8, 4) is 0 Å². The van der Waals surface area contributed by atoms with Crippen molar-refractivity contribution in [2.75, 3.05) is 19.5 Å². The van der Waals surface area contributed by atoms with Crippen molar-refractivity contribution in [2.24, 2.45) is 0 Å². The molecule has 0 spiro atoms. The van der Waals surface area contributed by atoms with Gasteiger partial charge >= 0.3 is 5.97 Å². The molecule has 1 aromatic rings. The molecule has 1 aromatic carbocycles. The van der Waals surface area contributed by atoms with Gasteiger partial charge in [-0.2, -0.15) is 0 Å². The van der Waals surface area contributed by atoms with Crippen molar-refractivity contribution >= 4 is 29.3 Å². The third-order valence-electron chi connectivity index (χ3n) is 4.24. The van der Waals surface area contributed by atoms with Gasteiger partial charge in [0, 0.05) is 29.9 Å². The fourth-order valence-electron chi connectivity index (χ4n) is 2.89. The van der Waals surface area contributed by atoms with Crippen molar-refractivity contribution < 1.29 is 24.0 Å². The Kier molecular flexibility index (Phi) is 5.58. The van der Waals surface area contributed by atoms with Crippen LogP contribution < -0.4 is 0 Å². The zero-order valence-electron chi connectivity index (χ0n) is 14.1.